The van der Waals surface area contributed by atoms with Crippen molar-refractivity contribution < 1.29 is 4.39 Å². The molecule has 2 nitrogen and oxygen atoms in total. The van der Waals surface area contributed by atoms with E-state index < -0.39 is 0 Å². The number of benzene rings is 1. The quantitative estimate of drug-likeness (QED) is 0.749. The number of aliphatic imine (C=N–C) groups is 1. The number of fused-ring (bicyclic) bond motifs is 1. The van der Waals surface area contributed by atoms with Gasteiger partial charge in [-0.2, -0.15) is 0 Å². The Hall–Kier alpha value is -1.38. The van der Waals surface area contributed by atoms with Crippen LogP contribution >= 0.6 is 0 Å². The lowest BCUT2D eigenvalue weighted by molar-refractivity contribution is 0.622. The van der Waals surface area contributed by atoms with E-state index in [0.717, 1.165) is 17.7 Å². The van der Waals surface area contributed by atoms with Gasteiger partial charge in [-0.15, -0.1) is 0 Å². The van der Waals surface area contributed by atoms with Gasteiger partial charge in [0, 0.05) is 6.21 Å². The standard InChI is InChI=1S/C12H15FN2/c1-4-8-5-6-9(13)11-10(8)14-7-12(2,3)15-11/h5-7,15H,4H2,1-3H3. The van der Waals surface area contributed by atoms with Gasteiger partial charge in [0.15, 0.2) is 0 Å². The topological polar surface area (TPSA) is 24.4 Å². The van der Waals surface area contributed by atoms with Crippen LogP contribution in [0.4, 0.5) is 15.8 Å². The summed E-state index contributed by atoms with van der Waals surface area (Å²) in [6.07, 6.45) is 2.69. The van der Waals surface area contributed by atoms with Crippen LogP contribution < -0.4 is 5.32 Å². The monoisotopic (exact) mass is 206 g/mol. The van der Waals surface area contributed by atoms with Gasteiger partial charge < -0.3 is 5.32 Å². The second kappa shape index (κ2) is 3.33. The molecule has 15 heavy (non-hydrogen) atoms. The van der Waals surface area contributed by atoms with Crippen molar-refractivity contribution in [2.75, 3.05) is 5.32 Å². The van der Waals surface area contributed by atoms with Gasteiger partial charge in [-0.25, -0.2) is 4.39 Å². The predicted octanol–water partition coefficient (Wildman–Crippen LogP) is 3.29. The summed E-state index contributed by atoms with van der Waals surface area (Å²) in [6, 6.07) is 3.30. The normalized spacial score (nSPS) is 17.1. The van der Waals surface area contributed by atoms with E-state index in [1.54, 1.807) is 6.07 Å². The maximum absolute atomic E-state index is 13.6. The summed E-state index contributed by atoms with van der Waals surface area (Å²) in [5.74, 6) is -0.230. The van der Waals surface area contributed by atoms with E-state index in [4.69, 9.17) is 0 Å². The van der Waals surface area contributed by atoms with Crippen molar-refractivity contribution in [3.05, 3.63) is 23.5 Å². The first-order valence-corrected chi connectivity index (χ1v) is 5.18. The minimum atomic E-state index is -0.278. The zero-order valence-corrected chi connectivity index (χ0v) is 9.26. The van der Waals surface area contributed by atoms with E-state index in [-0.39, 0.29) is 11.4 Å². The Morgan fingerprint density at radius 2 is 2.13 bits per heavy atom. The Kier molecular flexibility index (Phi) is 2.25. The van der Waals surface area contributed by atoms with E-state index in [9.17, 15) is 4.39 Å². The second-order valence-electron chi connectivity index (χ2n) is 4.39. The Bertz CT molecular complexity index is 422. The summed E-state index contributed by atoms with van der Waals surface area (Å²) in [4.78, 5) is 4.35. The van der Waals surface area contributed by atoms with Crippen molar-refractivity contribution in [2.24, 2.45) is 4.99 Å². The number of hydrogen-bond acceptors (Lipinski definition) is 2. The predicted molar refractivity (Wildman–Crippen MR) is 61.6 cm³/mol. The lowest BCUT2D eigenvalue weighted by Crippen LogP contribution is -2.35. The van der Waals surface area contributed by atoms with Crippen LogP contribution in [0.2, 0.25) is 0 Å². The highest BCUT2D eigenvalue weighted by Crippen LogP contribution is 2.36. The van der Waals surface area contributed by atoms with Crippen molar-refractivity contribution >= 4 is 17.6 Å². The molecule has 1 aromatic rings. The molecule has 0 radical (unpaired) electrons. The zero-order chi connectivity index (χ0) is 11.1. The third-order valence-corrected chi connectivity index (χ3v) is 2.56. The lowest BCUT2D eigenvalue weighted by atomic mass is 10.0. The molecule has 0 bridgehead atoms. The third-order valence-electron chi connectivity index (χ3n) is 2.56. The summed E-state index contributed by atoms with van der Waals surface area (Å²) >= 11 is 0. The van der Waals surface area contributed by atoms with Crippen molar-refractivity contribution in [1.29, 1.82) is 0 Å². The molecule has 1 aliphatic heterocycles. The summed E-state index contributed by atoms with van der Waals surface area (Å²) in [5.41, 5.74) is 2.07. The van der Waals surface area contributed by atoms with Crippen LogP contribution in [-0.2, 0) is 6.42 Å². The van der Waals surface area contributed by atoms with Gasteiger partial charge in [-0.3, -0.25) is 4.99 Å². The molecular weight excluding hydrogens is 191 g/mol. The Morgan fingerprint density at radius 3 is 2.80 bits per heavy atom. The zero-order valence-electron chi connectivity index (χ0n) is 9.26. The van der Waals surface area contributed by atoms with Gasteiger partial charge >= 0.3 is 0 Å². The molecule has 0 spiro atoms. The van der Waals surface area contributed by atoms with Gasteiger partial charge in [-0.1, -0.05) is 13.0 Å². The van der Waals surface area contributed by atoms with Gasteiger partial charge in [0.05, 0.1) is 16.9 Å². The Labute approximate surface area is 89.2 Å². The first-order valence-electron chi connectivity index (χ1n) is 5.18. The van der Waals surface area contributed by atoms with Crippen LogP contribution in [0.3, 0.4) is 0 Å². The van der Waals surface area contributed by atoms with E-state index >= 15 is 0 Å². The minimum absolute atomic E-state index is 0.230. The van der Waals surface area contributed by atoms with Crippen LogP contribution in [0.5, 0.6) is 0 Å². The van der Waals surface area contributed by atoms with Crippen molar-refractivity contribution in [1.82, 2.24) is 0 Å². The average molecular weight is 206 g/mol. The molecule has 0 aliphatic carbocycles. The number of halogens is 1. The molecule has 0 atom stereocenters. The van der Waals surface area contributed by atoms with Gasteiger partial charge in [0.2, 0.25) is 0 Å². The third kappa shape index (κ3) is 1.74. The van der Waals surface area contributed by atoms with Crippen molar-refractivity contribution in [3.8, 4) is 0 Å². The first kappa shape index (κ1) is 10.1. The smallest absolute Gasteiger partial charge is 0.148 e. The highest BCUT2D eigenvalue weighted by atomic mass is 19.1. The largest absolute Gasteiger partial charge is 0.371 e. The summed E-state index contributed by atoms with van der Waals surface area (Å²) < 4.78 is 13.6. The molecule has 0 saturated carbocycles. The van der Waals surface area contributed by atoms with Crippen LogP contribution in [-0.4, -0.2) is 11.8 Å². The van der Waals surface area contributed by atoms with E-state index in [0.29, 0.717) is 5.69 Å². The molecule has 80 valence electrons. The molecule has 0 unspecified atom stereocenters. The highest BCUT2D eigenvalue weighted by molar-refractivity contribution is 5.87. The first-order chi connectivity index (χ1) is 7.03. The van der Waals surface area contributed by atoms with Crippen LogP contribution in [0.25, 0.3) is 0 Å². The number of aryl methyl sites for hydroxylation is 1. The number of hydrogen-bond donors (Lipinski definition) is 1. The Morgan fingerprint density at radius 1 is 1.40 bits per heavy atom. The minimum Gasteiger partial charge on any atom is -0.371 e. The van der Waals surface area contributed by atoms with Crippen LogP contribution in [0.1, 0.15) is 26.3 Å². The summed E-state index contributed by atoms with van der Waals surface area (Å²) in [5, 5.41) is 3.15. The fraction of sp³-hybridized carbons (Fsp3) is 0.417. The highest BCUT2D eigenvalue weighted by Gasteiger charge is 2.24. The van der Waals surface area contributed by atoms with Crippen LogP contribution in [0.15, 0.2) is 17.1 Å². The van der Waals surface area contributed by atoms with Crippen LogP contribution in [0, 0.1) is 5.82 Å². The summed E-state index contributed by atoms with van der Waals surface area (Å²) in [6.45, 7) is 5.98. The molecule has 0 amide bonds. The lowest BCUT2D eigenvalue weighted by Gasteiger charge is -2.29. The molecule has 1 N–H and O–H groups in total. The van der Waals surface area contributed by atoms with E-state index in [2.05, 4.69) is 10.3 Å². The fourth-order valence-electron chi connectivity index (χ4n) is 1.74. The molecule has 0 fully saturated rings. The van der Waals surface area contributed by atoms with E-state index in [1.165, 1.54) is 6.07 Å². The SMILES string of the molecule is CCc1ccc(F)c2c1N=CC(C)(C)N2. The Balaban J connectivity index is 2.58. The molecule has 1 aromatic carbocycles. The molecule has 2 rings (SSSR count). The average Bonchev–Trinajstić information content (AvgIpc) is 2.18. The van der Waals surface area contributed by atoms with Gasteiger partial charge in [-0.05, 0) is 31.9 Å². The molecule has 0 saturated heterocycles. The molecule has 1 aliphatic rings. The maximum atomic E-state index is 13.6. The number of nitrogens with one attached hydrogen (secondary N) is 1. The molecular formula is C12H15FN2. The molecule has 1 heterocycles. The van der Waals surface area contributed by atoms with Crippen molar-refractivity contribution in [3.63, 3.8) is 0 Å². The number of rotatable bonds is 1. The molecule has 0 aromatic heterocycles. The fourth-order valence-corrected chi connectivity index (χ4v) is 1.74. The number of nitrogens with zero attached hydrogens (tertiary/aromatic N) is 1. The van der Waals surface area contributed by atoms with Crippen molar-refractivity contribution in [2.45, 2.75) is 32.7 Å². The second-order valence-corrected chi connectivity index (χ2v) is 4.39. The maximum Gasteiger partial charge on any atom is 0.148 e. The molecule has 3 heteroatoms. The van der Waals surface area contributed by atoms with Gasteiger partial charge in [0.1, 0.15) is 5.82 Å². The van der Waals surface area contributed by atoms with E-state index in [1.807, 2.05) is 27.0 Å². The summed E-state index contributed by atoms with van der Waals surface area (Å²) in [7, 11) is 0. The number of anilines is 1. The van der Waals surface area contributed by atoms with Gasteiger partial charge in [0.25, 0.3) is 0 Å².